The van der Waals surface area contributed by atoms with Crippen molar-refractivity contribution in [1.82, 2.24) is 10.2 Å². The van der Waals surface area contributed by atoms with Crippen molar-refractivity contribution in [2.24, 2.45) is 5.92 Å². The molecule has 6 heteroatoms. The molecule has 1 aromatic heterocycles. The molecule has 6 nitrogen and oxygen atoms in total. The van der Waals surface area contributed by atoms with Crippen molar-refractivity contribution in [3.05, 3.63) is 23.7 Å². The van der Waals surface area contributed by atoms with Gasteiger partial charge in [-0.3, -0.25) is 0 Å². The molecule has 1 heterocycles. The van der Waals surface area contributed by atoms with Crippen molar-refractivity contribution in [3.8, 4) is 0 Å². The largest absolute Gasteiger partial charge is 0.480 e. The first kappa shape index (κ1) is 16.1. The van der Waals surface area contributed by atoms with Gasteiger partial charge in [-0.2, -0.15) is 0 Å². The van der Waals surface area contributed by atoms with E-state index in [4.69, 9.17) is 9.52 Å². The zero-order valence-corrected chi connectivity index (χ0v) is 12.3. The van der Waals surface area contributed by atoms with Crippen molar-refractivity contribution in [3.63, 3.8) is 0 Å². The zero-order chi connectivity index (χ0) is 15.3. The first-order valence-electron chi connectivity index (χ1n) is 6.58. The summed E-state index contributed by atoms with van der Waals surface area (Å²) in [6, 6.07) is 0.524. The van der Waals surface area contributed by atoms with E-state index in [1.54, 1.807) is 19.4 Å². The molecule has 1 rings (SSSR count). The summed E-state index contributed by atoms with van der Waals surface area (Å²) in [5, 5.41) is 11.6. The van der Waals surface area contributed by atoms with Gasteiger partial charge in [0.25, 0.3) is 0 Å². The highest BCUT2D eigenvalue weighted by Gasteiger charge is 2.23. The lowest BCUT2D eigenvalue weighted by molar-refractivity contribution is -0.139. The van der Waals surface area contributed by atoms with Crippen LogP contribution in [-0.4, -0.2) is 35.1 Å². The third kappa shape index (κ3) is 4.60. The Kier molecular flexibility index (Phi) is 5.61. The van der Waals surface area contributed by atoms with E-state index in [1.807, 2.05) is 20.8 Å². The molecule has 0 saturated heterocycles. The first-order chi connectivity index (χ1) is 9.31. The lowest BCUT2D eigenvalue weighted by Crippen LogP contribution is -2.47. The van der Waals surface area contributed by atoms with Crippen molar-refractivity contribution < 1.29 is 19.1 Å². The van der Waals surface area contributed by atoms with Gasteiger partial charge in [0, 0.05) is 12.6 Å². The van der Waals surface area contributed by atoms with Crippen LogP contribution in [-0.2, 0) is 11.3 Å². The summed E-state index contributed by atoms with van der Waals surface area (Å²) in [6.07, 6.45) is 1.97. The first-order valence-corrected chi connectivity index (χ1v) is 6.58. The molecule has 0 aliphatic carbocycles. The summed E-state index contributed by atoms with van der Waals surface area (Å²) in [5.74, 6) is -0.0700. The highest BCUT2D eigenvalue weighted by molar-refractivity contribution is 5.82. The van der Waals surface area contributed by atoms with Crippen LogP contribution in [0, 0.1) is 12.8 Å². The van der Waals surface area contributed by atoms with Gasteiger partial charge in [-0.15, -0.1) is 0 Å². The second-order valence-corrected chi connectivity index (χ2v) is 5.33. The summed E-state index contributed by atoms with van der Waals surface area (Å²) >= 11 is 0. The predicted octanol–water partition coefficient (Wildman–Crippen LogP) is 2.23. The Morgan fingerprint density at radius 1 is 1.45 bits per heavy atom. The quantitative estimate of drug-likeness (QED) is 0.838. The predicted molar refractivity (Wildman–Crippen MR) is 74.3 cm³/mol. The number of urea groups is 1. The molecule has 0 bridgehead atoms. The molecule has 2 N–H and O–H groups in total. The molecule has 0 saturated carbocycles. The fourth-order valence-corrected chi connectivity index (χ4v) is 1.85. The molecule has 1 atom stereocenters. The van der Waals surface area contributed by atoms with Crippen LogP contribution in [0.4, 0.5) is 4.79 Å². The van der Waals surface area contributed by atoms with Crippen LogP contribution in [0.15, 0.2) is 16.7 Å². The van der Waals surface area contributed by atoms with Crippen molar-refractivity contribution in [2.45, 2.75) is 39.8 Å². The van der Waals surface area contributed by atoms with Gasteiger partial charge >= 0.3 is 12.0 Å². The molecule has 0 fully saturated rings. The summed E-state index contributed by atoms with van der Waals surface area (Å²) in [6.45, 7) is 6.03. The lowest BCUT2D eigenvalue weighted by Gasteiger charge is -2.22. The third-order valence-electron chi connectivity index (χ3n) is 3.02. The third-order valence-corrected chi connectivity index (χ3v) is 3.02. The van der Waals surface area contributed by atoms with E-state index in [-0.39, 0.29) is 5.92 Å². The highest BCUT2D eigenvalue weighted by atomic mass is 16.4. The Hall–Kier alpha value is -1.98. The number of aliphatic carboxylic acids is 1. The second-order valence-electron chi connectivity index (χ2n) is 5.33. The van der Waals surface area contributed by atoms with E-state index >= 15 is 0 Å². The molecular weight excluding hydrogens is 260 g/mol. The SMILES string of the molecule is Cc1occc1CN(C)C(=O)NC(CC(C)C)C(=O)O. The van der Waals surface area contributed by atoms with Gasteiger partial charge in [-0.05, 0) is 25.3 Å². The Balaban J connectivity index is 2.59. The van der Waals surface area contributed by atoms with Crippen LogP contribution in [0.1, 0.15) is 31.6 Å². The van der Waals surface area contributed by atoms with Gasteiger partial charge in [-0.25, -0.2) is 9.59 Å². The van der Waals surface area contributed by atoms with Crippen molar-refractivity contribution in [2.75, 3.05) is 7.05 Å². The molecule has 0 aliphatic rings. The number of hydrogen-bond donors (Lipinski definition) is 2. The maximum Gasteiger partial charge on any atom is 0.326 e. The van der Waals surface area contributed by atoms with E-state index in [9.17, 15) is 9.59 Å². The minimum atomic E-state index is -1.01. The smallest absolute Gasteiger partial charge is 0.326 e. The normalized spacial score (nSPS) is 12.2. The van der Waals surface area contributed by atoms with E-state index in [0.717, 1.165) is 11.3 Å². The van der Waals surface area contributed by atoms with E-state index in [1.165, 1.54) is 4.90 Å². The number of carbonyl (C=O) groups excluding carboxylic acids is 1. The van der Waals surface area contributed by atoms with Crippen LogP contribution >= 0.6 is 0 Å². The van der Waals surface area contributed by atoms with Crippen LogP contribution in [0.3, 0.4) is 0 Å². The van der Waals surface area contributed by atoms with Gasteiger partial charge in [0.05, 0.1) is 12.8 Å². The molecule has 0 aromatic carbocycles. The van der Waals surface area contributed by atoms with Gasteiger partial charge in [0.15, 0.2) is 0 Å². The number of nitrogens with one attached hydrogen (secondary N) is 1. The second kappa shape index (κ2) is 6.98. The molecule has 20 heavy (non-hydrogen) atoms. The molecular formula is C14H22N2O4. The number of aryl methyl sites for hydroxylation is 1. The molecule has 0 radical (unpaired) electrons. The topological polar surface area (TPSA) is 82.8 Å². The molecule has 112 valence electrons. The number of amides is 2. The van der Waals surface area contributed by atoms with Crippen LogP contribution in [0.25, 0.3) is 0 Å². The molecule has 0 aliphatic heterocycles. The number of furan rings is 1. The minimum absolute atomic E-state index is 0.192. The number of carboxylic acids is 1. The number of rotatable bonds is 6. The minimum Gasteiger partial charge on any atom is -0.480 e. The number of carbonyl (C=O) groups is 2. The molecule has 1 aromatic rings. The van der Waals surface area contributed by atoms with Gasteiger partial charge in [0.1, 0.15) is 11.8 Å². The Morgan fingerprint density at radius 3 is 2.55 bits per heavy atom. The summed E-state index contributed by atoms with van der Waals surface area (Å²) < 4.78 is 5.16. The van der Waals surface area contributed by atoms with Crippen molar-refractivity contribution in [1.29, 1.82) is 0 Å². The van der Waals surface area contributed by atoms with Gasteiger partial charge in [-0.1, -0.05) is 13.8 Å². The van der Waals surface area contributed by atoms with Crippen LogP contribution < -0.4 is 5.32 Å². The van der Waals surface area contributed by atoms with E-state index < -0.39 is 18.0 Å². The average molecular weight is 282 g/mol. The fourth-order valence-electron chi connectivity index (χ4n) is 1.85. The zero-order valence-electron chi connectivity index (χ0n) is 12.3. The average Bonchev–Trinajstić information content (AvgIpc) is 2.73. The number of carboxylic acid groups (broad SMARTS) is 1. The standard InChI is InChI=1S/C14H22N2O4/c1-9(2)7-12(13(17)18)15-14(19)16(4)8-11-5-6-20-10(11)3/h5-6,9,12H,7-8H2,1-4H3,(H,15,19)(H,17,18). The van der Waals surface area contributed by atoms with Gasteiger partial charge in [0.2, 0.25) is 0 Å². The van der Waals surface area contributed by atoms with Crippen molar-refractivity contribution >= 4 is 12.0 Å². The lowest BCUT2D eigenvalue weighted by atomic mass is 10.0. The summed E-state index contributed by atoms with van der Waals surface area (Å²) in [5.41, 5.74) is 0.901. The summed E-state index contributed by atoms with van der Waals surface area (Å²) in [4.78, 5) is 24.6. The highest BCUT2D eigenvalue weighted by Crippen LogP contribution is 2.11. The Bertz CT molecular complexity index is 467. The maximum absolute atomic E-state index is 12.0. The monoisotopic (exact) mass is 282 g/mol. The maximum atomic E-state index is 12.0. The Morgan fingerprint density at radius 2 is 2.10 bits per heavy atom. The van der Waals surface area contributed by atoms with Gasteiger partial charge < -0.3 is 19.7 Å². The number of hydrogen-bond acceptors (Lipinski definition) is 3. The van der Waals surface area contributed by atoms with Crippen LogP contribution in [0.2, 0.25) is 0 Å². The fraction of sp³-hybridized carbons (Fsp3) is 0.571. The molecule has 0 spiro atoms. The number of nitrogens with zero attached hydrogens (tertiary/aromatic N) is 1. The van der Waals surface area contributed by atoms with Crippen LogP contribution in [0.5, 0.6) is 0 Å². The molecule has 2 amide bonds. The van der Waals surface area contributed by atoms with E-state index in [0.29, 0.717) is 13.0 Å². The Labute approximate surface area is 118 Å². The van der Waals surface area contributed by atoms with E-state index in [2.05, 4.69) is 5.32 Å². The summed E-state index contributed by atoms with van der Waals surface area (Å²) in [7, 11) is 1.62. The molecule has 1 unspecified atom stereocenters.